The van der Waals surface area contributed by atoms with Crippen LogP contribution in [0.1, 0.15) is 16.7 Å². The monoisotopic (exact) mass is 458 g/mol. The van der Waals surface area contributed by atoms with Crippen LogP contribution in [0.25, 0.3) is 6.08 Å². The predicted molar refractivity (Wildman–Crippen MR) is 131 cm³/mol. The van der Waals surface area contributed by atoms with Crippen LogP contribution < -0.4 is 4.90 Å². The Bertz CT molecular complexity index is 1140. The summed E-state index contributed by atoms with van der Waals surface area (Å²) in [6, 6.07) is 23.2. The van der Waals surface area contributed by atoms with E-state index < -0.39 is 0 Å². The second-order valence-corrected chi connectivity index (χ2v) is 8.13. The minimum absolute atomic E-state index is 0.0644. The number of morpholine rings is 1. The van der Waals surface area contributed by atoms with Crippen molar-refractivity contribution in [1.82, 2.24) is 4.90 Å². The molecule has 0 bridgehead atoms. The van der Waals surface area contributed by atoms with Gasteiger partial charge in [0.2, 0.25) is 5.91 Å². The smallest absolute Gasteiger partial charge is 0.251 e. The summed E-state index contributed by atoms with van der Waals surface area (Å²) in [5, 5.41) is 0. The molecule has 0 aromatic heterocycles. The molecule has 1 saturated heterocycles. The van der Waals surface area contributed by atoms with E-state index in [0.29, 0.717) is 44.0 Å². The summed E-state index contributed by atoms with van der Waals surface area (Å²) in [7, 11) is 0. The highest BCUT2D eigenvalue weighted by atomic mass is 19.1. The molecule has 1 aliphatic rings. The fraction of sp³-hybridized carbons (Fsp3) is 0.214. The topological polar surface area (TPSA) is 49.9 Å². The summed E-state index contributed by atoms with van der Waals surface area (Å²) in [6.45, 7) is 2.58. The van der Waals surface area contributed by atoms with Gasteiger partial charge in [-0.15, -0.1) is 0 Å². The zero-order valence-corrected chi connectivity index (χ0v) is 18.9. The van der Waals surface area contributed by atoms with Crippen molar-refractivity contribution in [1.29, 1.82) is 0 Å². The largest absolute Gasteiger partial charge is 0.378 e. The summed E-state index contributed by atoms with van der Waals surface area (Å²) < 4.78 is 19.1. The Morgan fingerprint density at radius 1 is 0.912 bits per heavy atom. The number of anilines is 1. The summed E-state index contributed by atoms with van der Waals surface area (Å²) in [6.07, 6.45) is 3.58. The van der Waals surface area contributed by atoms with E-state index in [0.717, 1.165) is 11.1 Å². The van der Waals surface area contributed by atoms with E-state index in [4.69, 9.17) is 4.74 Å². The van der Waals surface area contributed by atoms with Gasteiger partial charge in [0.25, 0.3) is 5.91 Å². The number of amides is 2. The van der Waals surface area contributed by atoms with Crippen LogP contribution >= 0.6 is 0 Å². The lowest BCUT2D eigenvalue weighted by molar-refractivity contribution is -0.134. The van der Waals surface area contributed by atoms with Crippen LogP contribution in [0.4, 0.5) is 10.1 Å². The molecule has 1 aliphatic heterocycles. The van der Waals surface area contributed by atoms with Crippen molar-refractivity contribution in [3.8, 4) is 0 Å². The van der Waals surface area contributed by atoms with Crippen LogP contribution in [0.2, 0.25) is 0 Å². The fourth-order valence-electron chi connectivity index (χ4n) is 3.83. The predicted octanol–water partition coefficient (Wildman–Crippen LogP) is 4.47. The van der Waals surface area contributed by atoms with E-state index in [1.807, 2.05) is 59.5 Å². The Balaban J connectivity index is 1.52. The highest BCUT2D eigenvalue weighted by molar-refractivity contribution is 6.03. The Labute approximate surface area is 199 Å². The average Bonchev–Trinajstić information content (AvgIpc) is 2.87. The van der Waals surface area contributed by atoms with E-state index >= 15 is 0 Å². The quantitative estimate of drug-likeness (QED) is 0.491. The summed E-state index contributed by atoms with van der Waals surface area (Å²) >= 11 is 0. The Morgan fingerprint density at radius 2 is 1.65 bits per heavy atom. The van der Waals surface area contributed by atoms with Gasteiger partial charge in [-0.2, -0.15) is 0 Å². The van der Waals surface area contributed by atoms with E-state index in [1.54, 1.807) is 23.1 Å². The molecule has 0 atom stereocenters. The van der Waals surface area contributed by atoms with Gasteiger partial charge in [-0.25, -0.2) is 4.39 Å². The van der Waals surface area contributed by atoms with E-state index in [9.17, 15) is 14.0 Å². The Morgan fingerprint density at radius 3 is 2.35 bits per heavy atom. The zero-order valence-electron chi connectivity index (χ0n) is 18.9. The standard InChI is InChI=1S/C28H27FN2O3/c29-25-8-4-7-24(19-25)21-31(27(32)14-11-22-5-2-1-3-6-22)26-12-9-23(10-13-26)20-28(33)30-15-17-34-18-16-30/h1-14,19H,15-18,20-21H2/b14-11+. The number of hydrogen-bond acceptors (Lipinski definition) is 3. The van der Waals surface area contributed by atoms with Crippen LogP contribution in [-0.2, 0) is 27.3 Å². The zero-order chi connectivity index (χ0) is 23.8. The van der Waals surface area contributed by atoms with Crippen LogP contribution in [0.5, 0.6) is 0 Å². The summed E-state index contributed by atoms with van der Waals surface area (Å²) in [5.41, 5.74) is 3.15. The molecule has 0 spiro atoms. The van der Waals surface area contributed by atoms with Crippen molar-refractivity contribution >= 4 is 23.6 Å². The number of ether oxygens (including phenoxy) is 1. The molecule has 0 aliphatic carbocycles. The van der Waals surface area contributed by atoms with Crippen molar-refractivity contribution in [2.75, 3.05) is 31.2 Å². The molecule has 0 saturated carbocycles. The first-order valence-corrected chi connectivity index (χ1v) is 11.3. The number of benzene rings is 3. The molecule has 0 unspecified atom stereocenters. The Kier molecular flexibility index (Phi) is 7.83. The van der Waals surface area contributed by atoms with Gasteiger partial charge in [-0.05, 0) is 47.0 Å². The molecule has 2 amide bonds. The maximum Gasteiger partial charge on any atom is 0.251 e. The number of carbonyl (C=O) groups excluding carboxylic acids is 2. The molecule has 4 rings (SSSR count). The maximum atomic E-state index is 13.8. The van der Waals surface area contributed by atoms with Crippen molar-refractivity contribution in [2.45, 2.75) is 13.0 Å². The van der Waals surface area contributed by atoms with E-state index in [2.05, 4.69) is 0 Å². The van der Waals surface area contributed by atoms with Gasteiger partial charge in [-0.3, -0.25) is 9.59 Å². The molecule has 3 aromatic carbocycles. The first-order valence-electron chi connectivity index (χ1n) is 11.3. The minimum atomic E-state index is -0.346. The molecule has 5 nitrogen and oxygen atoms in total. The molecule has 3 aromatic rings. The van der Waals surface area contributed by atoms with Gasteiger partial charge in [-0.1, -0.05) is 54.6 Å². The van der Waals surface area contributed by atoms with E-state index in [1.165, 1.54) is 18.2 Å². The third kappa shape index (κ3) is 6.39. The molecule has 6 heteroatoms. The molecule has 34 heavy (non-hydrogen) atoms. The number of hydrogen-bond donors (Lipinski definition) is 0. The van der Waals surface area contributed by atoms with Crippen molar-refractivity contribution < 1.29 is 18.7 Å². The molecule has 1 heterocycles. The van der Waals surface area contributed by atoms with Crippen LogP contribution in [0, 0.1) is 5.82 Å². The second kappa shape index (κ2) is 11.4. The van der Waals surface area contributed by atoms with Crippen molar-refractivity contribution in [3.05, 3.63) is 107 Å². The van der Waals surface area contributed by atoms with Gasteiger partial charge in [0, 0.05) is 24.9 Å². The lowest BCUT2D eigenvalue weighted by atomic mass is 10.1. The lowest BCUT2D eigenvalue weighted by Gasteiger charge is -2.27. The number of nitrogens with zero attached hydrogens (tertiary/aromatic N) is 2. The molecule has 1 fully saturated rings. The normalized spacial score (nSPS) is 13.7. The third-order valence-corrected chi connectivity index (χ3v) is 5.68. The van der Waals surface area contributed by atoms with Crippen molar-refractivity contribution in [3.63, 3.8) is 0 Å². The summed E-state index contributed by atoms with van der Waals surface area (Å²) in [5.74, 6) is -0.499. The summed E-state index contributed by atoms with van der Waals surface area (Å²) in [4.78, 5) is 29.1. The van der Waals surface area contributed by atoms with Crippen LogP contribution in [-0.4, -0.2) is 43.0 Å². The first kappa shape index (κ1) is 23.4. The minimum Gasteiger partial charge on any atom is -0.378 e. The molecule has 174 valence electrons. The van der Waals surface area contributed by atoms with E-state index in [-0.39, 0.29) is 24.2 Å². The lowest BCUT2D eigenvalue weighted by Crippen LogP contribution is -2.41. The van der Waals surface area contributed by atoms with Crippen LogP contribution in [0.15, 0.2) is 84.9 Å². The maximum absolute atomic E-state index is 13.8. The fourth-order valence-corrected chi connectivity index (χ4v) is 3.83. The number of carbonyl (C=O) groups is 2. The van der Waals surface area contributed by atoms with Gasteiger partial charge >= 0.3 is 0 Å². The molecular formula is C28H27FN2O3. The molecule has 0 N–H and O–H groups in total. The average molecular weight is 459 g/mol. The number of halogens is 1. The first-order chi connectivity index (χ1) is 16.6. The highest BCUT2D eigenvalue weighted by Crippen LogP contribution is 2.20. The molecular weight excluding hydrogens is 431 g/mol. The highest BCUT2D eigenvalue weighted by Gasteiger charge is 2.18. The Hall–Kier alpha value is -3.77. The van der Waals surface area contributed by atoms with Crippen LogP contribution in [0.3, 0.4) is 0 Å². The third-order valence-electron chi connectivity index (χ3n) is 5.68. The number of rotatable bonds is 7. The van der Waals surface area contributed by atoms with Gasteiger partial charge in [0.1, 0.15) is 5.82 Å². The van der Waals surface area contributed by atoms with Gasteiger partial charge in [0.05, 0.1) is 26.2 Å². The van der Waals surface area contributed by atoms with Crippen molar-refractivity contribution in [2.24, 2.45) is 0 Å². The molecule has 0 radical (unpaired) electrons. The SMILES string of the molecule is O=C(Cc1ccc(N(Cc2cccc(F)c2)C(=O)/C=C/c2ccccc2)cc1)N1CCOCC1. The van der Waals surface area contributed by atoms with Gasteiger partial charge < -0.3 is 14.5 Å². The second-order valence-electron chi connectivity index (χ2n) is 8.13. The van der Waals surface area contributed by atoms with Gasteiger partial charge in [0.15, 0.2) is 0 Å².